The third-order valence-corrected chi connectivity index (χ3v) is 5.84. The van der Waals surface area contributed by atoms with Crippen molar-refractivity contribution in [1.82, 2.24) is 4.90 Å². The second-order valence-corrected chi connectivity index (χ2v) is 7.86. The molecule has 1 amide bonds. The van der Waals surface area contributed by atoms with E-state index in [4.69, 9.17) is 0 Å². The number of benzene rings is 1. The number of alkyl halides is 14. The Kier molecular flexibility index (Phi) is 5.81. The smallest absolute Gasteiger partial charge is 0.368 e. The molecule has 0 N–H and O–H groups in total. The van der Waals surface area contributed by atoms with Crippen LogP contribution in [0.25, 0.3) is 0 Å². The fourth-order valence-electron chi connectivity index (χ4n) is 3.75. The zero-order chi connectivity index (χ0) is 27.0. The largest absolute Gasteiger partial charge is 0.416 e. The molecule has 1 saturated carbocycles. The number of piperazine rings is 1. The van der Waals surface area contributed by atoms with E-state index in [-0.39, 0.29) is 10.6 Å². The molecule has 0 bridgehead atoms. The molecule has 1 aliphatic carbocycles. The van der Waals surface area contributed by atoms with Crippen molar-refractivity contribution < 1.29 is 66.3 Å². The van der Waals surface area contributed by atoms with Crippen molar-refractivity contribution in [2.45, 2.75) is 41.5 Å². The van der Waals surface area contributed by atoms with Gasteiger partial charge in [-0.1, -0.05) is 6.07 Å². The average molecular weight is 538 g/mol. The molecule has 1 heterocycles. The summed E-state index contributed by atoms with van der Waals surface area (Å²) in [6.45, 7) is -3.49. The number of halogens is 14. The highest BCUT2D eigenvalue weighted by Gasteiger charge is 3.03. The molecule has 0 atom stereocenters. The molecule has 1 aromatic rings. The topological polar surface area (TPSA) is 23.6 Å². The van der Waals surface area contributed by atoms with Gasteiger partial charge in [0.15, 0.2) is 0 Å². The Morgan fingerprint density at radius 2 is 1.11 bits per heavy atom. The molecule has 2 fully saturated rings. The van der Waals surface area contributed by atoms with E-state index in [0.29, 0.717) is 12.1 Å². The van der Waals surface area contributed by atoms with Crippen molar-refractivity contribution in [2.24, 2.45) is 0 Å². The van der Waals surface area contributed by atoms with Crippen molar-refractivity contribution in [3.63, 3.8) is 0 Å². The maximum atomic E-state index is 14.9. The third kappa shape index (κ3) is 3.28. The number of hydrogen-bond donors (Lipinski definition) is 0. The van der Waals surface area contributed by atoms with Gasteiger partial charge >= 0.3 is 41.5 Å². The van der Waals surface area contributed by atoms with Crippen LogP contribution in [0.15, 0.2) is 24.3 Å². The van der Waals surface area contributed by atoms with Gasteiger partial charge in [-0.2, -0.15) is 57.1 Å². The Bertz CT molecular complexity index is 967. The van der Waals surface area contributed by atoms with E-state index in [1.165, 1.54) is 0 Å². The molecule has 2 aliphatic rings. The number of nitrogens with zero attached hydrogens (tertiary/aromatic N) is 2. The number of carbonyl (C=O) groups excluding carboxylic acids is 1. The number of anilines is 1. The van der Waals surface area contributed by atoms with Gasteiger partial charge in [-0.25, -0.2) is 4.39 Å². The van der Waals surface area contributed by atoms with Crippen LogP contribution in [0, 0.1) is 0 Å². The highest BCUT2D eigenvalue weighted by Crippen LogP contribution is 2.69. The van der Waals surface area contributed by atoms with Gasteiger partial charge in [0.25, 0.3) is 5.91 Å². The fourth-order valence-corrected chi connectivity index (χ4v) is 3.75. The Morgan fingerprint density at radius 3 is 1.54 bits per heavy atom. The molecule has 1 aromatic carbocycles. The van der Waals surface area contributed by atoms with E-state index in [9.17, 15) is 66.3 Å². The number of amides is 1. The number of hydrogen-bond acceptors (Lipinski definition) is 2. The average Bonchev–Trinajstić information content (AvgIpc) is 2.76. The molecule has 1 aliphatic heterocycles. The van der Waals surface area contributed by atoms with E-state index < -0.39 is 79.1 Å². The molecule has 17 heteroatoms. The first-order valence-corrected chi connectivity index (χ1v) is 9.38. The highest BCUT2D eigenvalue weighted by atomic mass is 19.4. The standard InChI is InChI=1S/C18H12F14N2O/c19-12(14(23,24)16(27,28)18(31,32)17(29,30)15(12,25)26)11(35)34-6-4-33(5-7-34)10-3-1-2-9(8-10)13(20,21)22/h1-3,8H,4-7H2. The quantitative estimate of drug-likeness (QED) is 0.481. The van der Waals surface area contributed by atoms with Gasteiger partial charge in [0.05, 0.1) is 5.56 Å². The summed E-state index contributed by atoms with van der Waals surface area (Å²) in [6.07, 6.45) is -4.79. The summed E-state index contributed by atoms with van der Waals surface area (Å²) in [5, 5.41) is 0. The second-order valence-electron chi connectivity index (χ2n) is 7.86. The van der Waals surface area contributed by atoms with Gasteiger partial charge in [-0.15, -0.1) is 0 Å². The molecule has 0 aromatic heterocycles. The predicted molar refractivity (Wildman–Crippen MR) is 88.8 cm³/mol. The van der Waals surface area contributed by atoms with Crippen LogP contribution in [0.5, 0.6) is 0 Å². The minimum atomic E-state index is -7.44. The van der Waals surface area contributed by atoms with Crippen molar-refractivity contribution in [3.8, 4) is 0 Å². The maximum absolute atomic E-state index is 14.9. The van der Waals surface area contributed by atoms with Crippen LogP contribution in [0.4, 0.5) is 67.2 Å². The molecule has 0 unspecified atom stereocenters. The van der Waals surface area contributed by atoms with Gasteiger partial charge in [-0.05, 0) is 18.2 Å². The molecule has 1 saturated heterocycles. The molecular weight excluding hydrogens is 526 g/mol. The normalized spacial score (nSPS) is 26.3. The number of carbonyl (C=O) groups is 1. The predicted octanol–water partition coefficient (Wildman–Crippen LogP) is 5.25. The van der Waals surface area contributed by atoms with Gasteiger partial charge in [0, 0.05) is 31.9 Å². The van der Waals surface area contributed by atoms with Crippen molar-refractivity contribution in [2.75, 3.05) is 31.1 Å². The van der Waals surface area contributed by atoms with Crippen molar-refractivity contribution in [3.05, 3.63) is 29.8 Å². The van der Waals surface area contributed by atoms with Gasteiger partial charge < -0.3 is 9.80 Å². The monoisotopic (exact) mass is 538 g/mol. The van der Waals surface area contributed by atoms with Gasteiger partial charge in [0.2, 0.25) is 0 Å². The molecule has 35 heavy (non-hydrogen) atoms. The fraction of sp³-hybridized carbons (Fsp3) is 0.611. The van der Waals surface area contributed by atoms with E-state index in [2.05, 4.69) is 0 Å². The summed E-state index contributed by atoms with van der Waals surface area (Å²) in [5.74, 6) is -40.1. The summed E-state index contributed by atoms with van der Waals surface area (Å²) in [5.41, 5.74) is -8.09. The Morgan fingerprint density at radius 1 is 0.686 bits per heavy atom. The first-order valence-electron chi connectivity index (χ1n) is 9.38. The summed E-state index contributed by atoms with van der Waals surface area (Å²) < 4.78 is 191. The zero-order valence-corrected chi connectivity index (χ0v) is 16.7. The lowest BCUT2D eigenvalue weighted by atomic mass is 9.71. The van der Waals surface area contributed by atoms with E-state index >= 15 is 0 Å². The van der Waals surface area contributed by atoms with E-state index in [0.717, 1.165) is 17.0 Å². The van der Waals surface area contributed by atoms with Crippen LogP contribution in [0.2, 0.25) is 0 Å². The van der Waals surface area contributed by atoms with E-state index in [1.807, 2.05) is 0 Å². The first-order chi connectivity index (χ1) is 15.6. The number of rotatable bonds is 2. The Hall–Kier alpha value is -2.49. The van der Waals surface area contributed by atoms with Crippen molar-refractivity contribution >= 4 is 11.6 Å². The van der Waals surface area contributed by atoms with Crippen LogP contribution in [-0.4, -0.2) is 72.3 Å². The van der Waals surface area contributed by atoms with E-state index in [1.54, 1.807) is 0 Å². The summed E-state index contributed by atoms with van der Waals surface area (Å²) >= 11 is 0. The molecular formula is C18H12F14N2O. The van der Waals surface area contributed by atoms with Crippen LogP contribution in [0.1, 0.15) is 5.56 Å². The first kappa shape index (κ1) is 27.1. The lowest BCUT2D eigenvalue weighted by molar-refractivity contribution is -0.477. The summed E-state index contributed by atoms with van der Waals surface area (Å²) in [4.78, 5) is 13.0. The molecule has 3 rings (SSSR count). The minimum absolute atomic E-state index is 0.173. The Balaban J connectivity index is 1.92. The zero-order valence-electron chi connectivity index (χ0n) is 16.7. The lowest BCUT2D eigenvalue weighted by Gasteiger charge is -2.52. The molecule has 3 nitrogen and oxygen atoms in total. The van der Waals surface area contributed by atoms with Crippen LogP contribution < -0.4 is 4.90 Å². The molecule has 0 spiro atoms. The van der Waals surface area contributed by atoms with Gasteiger partial charge in [-0.3, -0.25) is 4.79 Å². The molecule has 198 valence electrons. The Labute approximate surface area is 186 Å². The SMILES string of the molecule is O=C(N1CCN(c2cccc(C(F)(F)F)c2)CC1)C1(F)C(F)(F)C(F)(F)C(F)(F)C(F)(F)C1(F)F. The van der Waals surface area contributed by atoms with Crippen molar-refractivity contribution in [1.29, 1.82) is 0 Å². The molecule has 0 radical (unpaired) electrons. The van der Waals surface area contributed by atoms with Crippen LogP contribution in [0.3, 0.4) is 0 Å². The lowest BCUT2D eigenvalue weighted by Crippen LogP contribution is -2.86. The summed E-state index contributed by atoms with van der Waals surface area (Å²) in [6, 6.07) is 3.37. The highest BCUT2D eigenvalue weighted by molar-refractivity contribution is 5.89. The van der Waals surface area contributed by atoms with Gasteiger partial charge in [0.1, 0.15) is 0 Å². The minimum Gasteiger partial charge on any atom is -0.368 e. The summed E-state index contributed by atoms with van der Waals surface area (Å²) in [7, 11) is 0. The second kappa shape index (κ2) is 7.51. The van der Waals surface area contributed by atoms with Crippen LogP contribution in [-0.2, 0) is 11.0 Å². The third-order valence-electron chi connectivity index (χ3n) is 5.84. The van der Waals surface area contributed by atoms with Crippen LogP contribution >= 0.6 is 0 Å². The maximum Gasteiger partial charge on any atom is 0.416 e.